The molecule has 1 aliphatic heterocycles. The summed E-state index contributed by atoms with van der Waals surface area (Å²) in [4.78, 5) is 2.50. The molecule has 1 atom stereocenters. The van der Waals surface area contributed by atoms with E-state index in [9.17, 15) is 0 Å². The summed E-state index contributed by atoms with van der Waals surface area (Å²) in [7, 11) is 0. The van der Waals surface area contributed by atoms with Gasteiger partial charge in [0.05, 0.1) is 0 Å². The average molecular weight is 231 g/mol. The number of piperazine rings is 1. The molecule has 1 rings (SSSR count). The molecule has 1 heterocycles. The van der Waals surface area contributed by atoms with E-state index in [1.807, 2.05) is 6.08 Å². The summed E-state index contributed by atoms with van der Waals surface area (Å²) in [5.41, 5.74) is 1.85. The van der Waals surface area contributed by atoms with Crippen LogP contribution in [-0.4, -0.2) is 36.1 Å². The van der Waals surface area contributed by atoms with Crippen LogP contribution in [0.4, 0.5) is 0 Å². The van der Waals surface area contributed by atoms with Gasteiger partial charge < -0.3 is 5.32 Å². The standard InChI is InChI=1S/C12H23ClN2/c1-4-6-11-9-15(8-5-7-13)12(2,3)10-14-11/h5,7,11,14H,4,6,8-10H2,1-3H3/b7-5+. The molecule has 0 saturated carbocycles. The van der Waals surface area contributed by atoms with Crippen molar-refractivity contribution in [2.24, 2.45) is 0 Å². The van der Waals surface area contributed by atoms with Crippen LogP contribution in [0.2, 0.25) is 0 Å². The Hall–Kier alpha value is -0.0500. The zero-order valence-electron chi connectivity index (χ0n) is 10.1. The summed E-state index contributed by atoms with van der Waals surface area (Å²) in [6.07, 6.45) is 4.53. The Labute approximate surface area is 98.7 Å². The van der Waals surface area contributed by atoms with Crippen molar-refractivity contribution in [3.8, 4) is 0 Å². The van der Waals surface area contributed by atoms with Gasteiger partial charge in [-0.15, -0.1) is 0 Å². The first kappa shape index (κ1) is 13.0. The highest BCUT2D eigenvalue weighted by Crippen LogP contribution is 2.19. The molecule has 0 aromatic carbocycles. The number of hydrogen-bond donors (Lipinski definition) is 1. The van der Waals surface area contributed by atoms with E-state index in [1.165, 1.54) is 12.8 Å². The molecule has 1 N–H and O–H groups in total. The second kappa shape index (κ2) is 5.88. The lowest BCUT2D eigenvalue weighted by atomic mass is 9.96. The highest BCUT2D eigenvalue weighted by Gasteiger charge is 2.32. The molecule has 0 aliphatic carbocycles. The first-order valence-corrected chi connectivity index (χ1v) is 6.27. The Bertz CT molecular complexity index is 214. The molecule has 0 bridgehead atoms. The molecular weight excluding hydrogens is 208 g/mol. The van der Waals surface area contributed by atoms with Crippen LogP contribution in [0.1, 0.15) is 33.6 Å². The van der Waals surface area contributed by atoms with Crippen LogP contribution in [0.3, 0.4) is 0 Å². The Morgan fingerprint density at radius 3 is 2.87 bits per heavy atom. The van der Waals surface area contributed by atoms with E-state index in [0.717, 1.165) is 19.6 Å². The van der Waals surface area contributed by atoms with Gasteiger partial charge in [-0.3, -0.25) is 4.90 Å². The average Bonchev–Trinajstić information content (AvgIpc) is 2.19. The van der Waals surface area contributed by atoms with Gasteiger partial charge in [0.2, 0.25) is 0 Å². The van der Waals surface area contributed by atoms with E-state index in [-0.39, 0.29) is 5.54 Å². The van der Waals surface area contributed by atoms with Gasteiger partial charge in [-0.2, -0.15) is 0 Å². The number of nitrogens with zero attached hydrogens (tertiary/aromatic N) is 1. The lowest BCUT2D eigenvalue weighted by Gasteiger charge is -2.45. The molecule has 1 fully saturated rings. The van der Waals surface area contributed by atoms with E-state index in [0.29, 0.717) is 6.04 Å². The van der Waals surface area contributed by atoms with Crippen LogP contribution in [0, 0.1) is 0 Å². The van der Waals surface area contributed by atoms with Crippen LogP contribution in [0.5, 0.6) is 0 Å². The maximum Gasteiger partial charge on any atom is 0.0281 e. The van der Waals surface area contributed by atoms with E-state index >= 15 is 0 Å². The molecule has 1 saturated heterocycles. The normalized spacial score (nSPS) is 27.3. The third-order valence-electron chi connectivity index (χ3n) is 3.17. The van der Waals surface area contributed by atoms with Gasteiger partial charge in [0, 0.05) is 36.8 Å². The predicted molar refractivity (Wildman–Crippen MR) is 67.3 cm³/mol. The van der Waals surface area contributed by atoms with Crippen LogP contribution >= 0.6 is 11.6 Å². The van der Waals surface area contributed by atoms with Gasteiger partial charge in [-0.25, -0.2) is 0 Å². The number of halogens is 1. The third-order valence-corrected chi connectivity index (χ3v) is 3.35. The third kappa shape index (κ3) is 3.78. The first-order valence-electron chi connectivity index (χ1n) is 5.84. The molecule has 1 unspecified atom stereocenters. The number of hydrogen-bond acceptors (Lipinski definition) is 2. The minimum absolute atomic E-state index is 0.237. The summed E-state index contributed by atoms with van der Waals surface area (Å²) in [6.45, 7) is 9.95. The molecule has 0 spiro atoms. The molecule has 2 nitrogen and oxygen atoms in total. The van der Waals surface area contributed by atoms with Gasteiger partial charge in [0.25, 0.3) is 0 Å². The Balaban J connectivity index is 2.53. The van der Waals surface area contributed by atoms with E-state index in [1.54, 1.807) is 5.54 Å². The molecule has 1 aliphatic rings. The molecule has 3 heteroatoms. The van der Waals surface area contributed by atoms with Crippen LogP contribution in [0.25, 0.3) is 0 Å². The van der Waals surface area contributed by atoms with Gasteiger partial charge in [-0.05, 0) is 20.3 Å². The molecule has 0 aromatic heterocycles. The monoisotopic (exact) mass is 230 g/mol. The molecular formula is C12H23ClN2. The molecule has 0 radical (unpaired) electrons. The largest absolute Gasteiger partial charge is 0.311 e. The Morgan fingerprint density at radius 2 is 2.27 bits per heavy atom. The van der Waals surface area contributed by atoms with Crippen molar-refractivity contribution in [3.63, 3.8) is 0 Å². The maximum atomic E-state index is 5.59. The second-order valence-electron chi connectivity index (χ2n) is 4.95. The summed E-state index contributed by atoms with van der Waals surface area (Å²) < 4.78 is 0. The van der Waals surface area contributed by atoms with Crippen LogP contribution < -0.4 is 5.32 Å². The topological polar surface area (TPSA) is 15.3 Å². The summed E-state index contributed by atoms with van der Waals surface area (Å²) in [5, 5.41) is 3.62. The lowest BCUT2D eigenvalue weighted by molar-refractivity contribution is 0.0760. The van der Waals surface area contributed by atoms with Gasteiger partial charge in [0.15, 0.2) is 0 Å². The smallest absolute Gasteiger partial charge is 0.0281 e. The van der Waals surface area contributed by atoms with Crippen molar-refractivity contribution in [3.05, 3.63) is 11.6 Å². The summed E-state index contributed by atoms with van der Waals surface area (Å²) in [6, 6.07) is 0.645. The van der Waals surface area contributed by atoms with E-state index < -0.39 is 0 Å². The Kier molecular flexibility index (Phi) is 5.10. The van der Waals surface area contributed by atoms with Crippen molar-refractivity contribution < 1.29 is 0 Å². The SMILES string of the molecule is CCCC1CN(C/C=C/Cl)C(C)(C)CN1. The quantitative estimate of drug-likeness (QED) is 0.799. The molecule has 15 heavy (non-hydrogen) atoms. The molecule has 0 amide bonds. The number of rotatable bonds is 4. The number of nitrogens with one attached hydrogen (secondary N) is 1. The minimum Gasteiger partial charge on any atom is -0.311 e. The second-order valence-corrected chi connectivity index (χ2v) is 5.20. The first-order chi connectivity index (χ1) is 7.10. The fourth-order valence-corrected chi connectivity index (χ4v) is 2.19. The van der Waals surface area contributed by atoms with Crippen LogP contribution in [0.15, 0.2) is 11.6 Å². The van der Waals surface area contributed by atoms with Crippen molar-refractivity contribution in [1.29, 1.82) is 0 Å². The zero-order chi connectivity index (χ0) is 11.3. The fraction of sp³-hybridized carbons (Fsp3) is 0.833. The van der Waals surface area contributed by atoms with Crippen LogP contribution in [-0.2, 0) is 0 Å². The van der Waals surface area contributed by atoms with Crippen molar-refractivity contribution in [2.45, 2.75) is 45.2 Å². The van der Waals surface area contributed by atoms with E-state index in [2.05, 4.69) is 31.0 Å². The predicted octanol–water partition coefficient (Wildman–Crippen LogP) is 2.59. The van der Waals surface area contributed by atoms with Crippen molar-refractivity contribution >= 4 is 11.6 Å². The molecule has 0 aromatic rings. The van der Waals surface area contributed by atoms with Gasteiger partial charge in [-0.1, -0.05) is 31.0 Å². The minimum atomic E-state index is 0.237. The summed E-state index contributed by atoms with van der Waals surface area (Å²) >= 11 is 5.59. The highest BCUT2D eigenvalue weighted by atomic mass is 35.5. The van der Waals surface area contributed by atoms with Gasteiger partial charge in [0.1, 0.15) is 0 Å². The van der Waals surface area contributed by atoms with Gasteiger partial charge >= 0.3 is 0 Å². The lowest BCUT2D eigenvalue weighted by Crippen LogP contribution is -2.61. The summed E-state index contributed by atoms with van der Waals surface area (Å²) in [5.74, 6) is 0. The molecule has 88 valence electrons. The van der Waals surface area contributed by atoms with Crippen molar-refractivity contribution in [2.75, 3.05) is 19.6 Å². The zero-order valence-corrected chi connectivity index (χ0v) is 10.8. The highest BCUT2D eigenvalue weighted by molar-refractivity contribution is 6.25. The van der Waals surface area contributed by atoms with E-state index in [4.69, 9.17) is 11.6 Å². The fourth-order valence-electron chi connectivity index (χ4n) is 2.11. The Morgan fingerprint density at radius 1 is 1.53 bits per heavy atom. The maximum absolute atomic E-state index is 5.59. The van der Waals surface area contributed by atoms with Crippen molar-refractivity contribution in [1.82, 2.24) is 10.2 Å².